The van der Waals surface area contributed by atoms with Crippen LogP contribution in [0.2, 0.25) is 0 Å². The molecule has 0 unspecified atom stereocenters. The molecule has 0 atom stereocenters. The van der Waals surface area contributed by atoms with Crippen molar-refractivity contribution < 1.29 is 14.3 Å². The van der Waals surface area contributed by atoms with Crippen LogP contribution in [0.5, 0.6) is 0 Å². The van der Waals surface area contributed by atoms with E-state index in [9.17, 15) is 4.79 Å². The highest BCUT2D eigenvalue weighted by Crippen LogP contribution is 2.19. The van der Waals surface area contributed by atoms with Gasteiger partial charge in [-0.1, -0.05) is 30.3 Å². The lowest BCUT2D eigenvalue weighted by atomic mass is 9.87. The number of carbonyl (C=O) groups is 1. The first-order valence-corrected chi connectivity index (χ1v) is 7.56. The molecule has 1 aliphatic rings. The quantitative estimate of drug-likeness (QED) is 0.720. The summed E-state index contributed by atoms with van der Waals surface area (Å²) in [4.78, 5) is 11.7. The fraction of sp³-hybridized carbons (Fsp3) is 0.562. The normalized spacial score (nSPS) is 20.6. The van der Waals surface area contributed by atoms with E-state index < -0.39 is 0 Å². The van der Waals surface area contributed by atoms with Crippen LogP contribution in [0.15, 0.2) is 30.3 Å². The molecule has 0 saturated heterocycles. The van der Waals surface area contributed by atoms with Crippen molar-refractivity contribution in [2.75, 3.05) is 19.8 Å². The average Bonchev–Trinajstić information content (AvgIpc) is 2.47. The molecule has 0 aliphatic heterocycles. The maximum Gasteiger partial charge on any atom is 0.407 e. The van der Waals surface area contributed by atoms with Gasteiger partial charge in [0.1, 0.15) is 6.61 Å². The van der Waals surface area contributed by atoms with E-state index in [1.807, 2.05) is 37.3 Å². The molecule has 0 heterocycles. The van der Waals surface area contributed by atoms with E-state index in [0.29, 0.717) is 12.6 Å². The molecule has 2 rings (SSSR count). The molecule has 1 aromatic carbocycles. The summed E-state index contributed by atoms with van der Waals surface area (Å²) in [5.41, 5.74) is 0.997. The molecule has 5 nitrogen and oxygen atoms in total. The van der Waals surface area contributed by atoms with Gasteiger partial charge in [-0.3, -0.25) is 0 Å². The first kappa shape index (κ1) is 15.8. The van der Waals surface area contributed by atoms with Gasteiger partial charge in [0.25, 0.3) is 0 Å². The van der Waals surface area contributed by atoms with Gasteiger partial charge in [0, 0.05) is 25.2 Å². The molecule has 2 N–H and O–H groups in total. The second-order valence-corrected chi connectivity index (χ2v) is 5.22. The van der Waals surface area contributed by atoms with Crippen LogP contribution in [-0.4, -0.2) is 37.9 Å². The number of carbonyl (C=O) groups excluding carboxylic acids is 1. The Morgan fingerprint density at radius 3 is 2.71 bits per heavy atom. The van der Waals surface area contributed by atoms with E-state index >= 15 is 0 Å². The van der Waals surface area contributed by atoms with E-state index in [0.717, 1.165) is 38.2 Å². The smallest absolute Gasteiger partial charge is 0.407 e. The zero-order chi connectivity index (χ0) is 14.9. The maximum atomic E-state index is 11.7. The third-order valence-electron chi connectivity index (χ3n) is 3.56. The predicted molar refractivity (Wildman–Crippen MR) is 81.1 cm³/mol. The molecule has 1 saturated carbocycles. The Hall–Kier alpha value is -1.59. The van der Waals surface area contributed by atoms with Gasteiger partial charge < -0.3 is 20.1 Å². The van der Waals surface area contributed by atoms with Gasteiger partial charge >= 0.3 is 6.09 Å². The van der Waals surface area contributed by atoms with Crippen LogP contribution in [0.3, 0.4) is 0 Å². The summed E-state index contributed by atoms with van der Waals surface area (Å²) in [5.74, 6) is 0. The van der Waals surface area contributed by atoms with Crippen molar-refractivity contribution in [2.24, 2.45) is 0 Å². The summed E-state index contributed by atoms with van der Waals surface area (Å²) in [7, 11) is 0. The van der Waals surface area contributed by atoms with Crippen LogP contribution in [0, 0.1) is 0 Å². The van der Waals surface area contributed by atoms with Crippen LogP contribution >= 0.6 is 0 Å². The molecule has 1 amide bonds. The molecule has 5 heteroatoms. The minimum Gasteiger partial charge on any atom is -0.445 e. The Morgan fingerprint density at radius 2 is 2.00 bits per heavy atom. The number of amides is 1. The standard InChI is InChI=1S/C16H24N2O3/c1-2-20-9-8-17-14-10-15(11-14)18-16(19)21-12-13-6-4-3-5-7-13/h3-7,14-15,17H,2,8-12H2,1H3,(H,18,19). The van der Waals surface area contributed by atoms with Gasteiger partial charge in [-0.05, 0) is 25.3 Å². The van der Waals surface area contributed by atoms with Gasteiger partial charge in [0.15, 0.2) is 0 Å². The lowest BCUT2D eigenvalue weighted by molar-refractivity contribution is 0.120. The third kappa shape index (κ3) is 5.73. The van der Waals surface area contributed by atoms with Crippen molar-refractivity contribution >= 4 is 6.09 Å². The Kier molecular flexibility index (Phi) is 6.50. The van der Waals surface area contributed by atoms with E-state index in [-0.39, 0.29) is 12.1 Å². The molecule has 1 aliphatic carbocycles. The van der Waals surface area contributed by atoms with Gasteiger partial charge in [0.2, 0.25) is 0 Å². The Morgan fingerprint density at radius 1 is 1.24 bits per heavy atom. The minimum absolute atomic E-state index is 0.220. The second-order valence-electron chi connectivity index (χ2n) is 5.22. The highest BCUT2D eigenvalue weighted by molar-refractivity contribution is 5.67. The fourth-order valence-corrected chi connectivity index (χ4v) is 2.31. The number of rotatable bonds is 8. The van der Waals surface area contributed by atoms with Crippen molar-refractivity contribution in [1.29, 1.82) is 0 Å². The lowest BCUT2D eigenvalue weighted by Crippen LogP contribution is -2.53. The van der Waals surface area contributed by atoms with Gasteiger partial charge in [-0.2, -0.15) is 0 Å². The van der Waals surface area contributed by atoms with E-state index in [1.165, 1.54) is 0 Å². The molecule has 116 valence electrons. The average molecular weight is 292 g/mol. The molecule has 1 aromatic rings. The van der Waals surface area contributed by atoms with Gasteiger partial charge in [0.05, 0.1) is 6.61 Å². The highest BCUT2D eigenvalue weighted by Gasteiger charge is 2.30. The number of alkyl carbamates (subject to hydrolysis) is 1. The van der Waals surface area contributed by atoms with Crippen molar-refractivity contribution in [3.8, 4) is 0 Å². The van der Waals surface area contributed by atoms with E-state index in [4.69, 9.17) is 9.47 Å². The van der Waals surface area contributed by atoms with Crippen molar-refractivity contribution in [1.82, 2.24) is 10.6 Å². The summed E-state index contributed by atoms with van der Waals surface area (Å²) in [6.45, 7) is 4.66. The van der Waals surface area contributed by atoms with Crippen molar-refractivity contribution in [2.45, 2.75) is 38.5 Å². The molecule has 0 radical (unpaired) electrons. The largest absolute Gasteiger partial charge is 0.445 e. The molecular weight excluding hydrogens is 268 g/mol. The number of hydrogen-bond donors (Lipinski definition) is 2. The molecule has 0 bridgehead atoms. The van der Waals surface area contributed by atoms with Crippen LogP contribution in [0.25, 0.3) is 0 Å². The summed E-state index contributed by atoms with van der Waals surface area (Å²) >= 11 is 0. The number of hydrogen-bond acceptors (Lipinski definition) is 4. The topological polar surface area (TPSA) is 59.6 Å². The summed E-state index contributed by atoms with van der Waals surface area (Å²) in [6, 6.07) is 10.4. The number of nitrogens with one attached hydrogen (secondary N) is 2. The summed E-state index contributed by atoms with van der Waals surface area (Å²) in [5, 5.41) is 6.28. The minimum atomic E-state index is -0.336. The first-order valence-electron chi connectivity index (χ1n) is 7.56. The molecular formula is C16H24N2O3. The summed E-state index contributed by atoms with van der Waals surface area (Å²) in [6.07, 6.45) is 1.57. The Bertz CT molecular complexity index is 419. The third-order valence-corrected chi connectivity index (χ3v) is 3.56. The zero-order valence-corrected chi connectivity index (χ0v) is 12.5. The van der Waals surface area contributed by atoms with Crippen molar-refractivity contribution in [3.05, 3.63) is 35.9 Å². The fourth-order valence-electron chi connectivity index (χ4n) is 2.31. The number of benzene rings is 1. The van der Waals surface area contributed by atoms with Crippen molar-refractivity contribution in [3.63, 3.8) is 0 Å². The van der Waals surface area contributed by atoms with Crippen LogP contribution < -0.4 is 10.6 Å². The SMILES string of the molecule is CCOCCNC1CC(NC(=O)OCc2ccccc2)C1. The molecule has 0 spiro atoms. The zero-order valence-electron chi connectivity index (χ0n) is 12.5. The van der Waals surface area contributed by atoms with E-state index in [1.54, 1.807) is 0 Å². The Balaban J connectivity index is 1.52. The van der Waals surface area contributed by atoms with Crippen LogP contribution in [0.4, 0.5) is 4.79 Å². The monoisotopic (exact) mass is 292 g/mol. The molecule has 0 aromatic heterocycles. The molecule has 21 heavy (non-hydrogen) atoms. The summed E-state index contributed by atoms with van der Waals surface area (Å²) < 4.78 is 10.5. The van der Waals surface area contributed by atoms with Crippen LogP contribution in [0.1, 0.15) is 25.3 Å². The maximum absolute atomic E-state index is 11.7. The van der Waals surface area contributed by atoms with Crippen LogP contribution in [-0.2, 0) is 16.1 Å². The van der Waals surface area contributed by atoms with Gasteiger partial charge in [-0.25, -0.2) is 4.79 Å². The highest BCUT2D eigenvalue weighted by atomic mass is 16.5. The Labute approximate surface area is 126 Å². The number of ether oxygens (including phenoxy) is 2. The van der Waals surface area contributed by atoms with E-state index in [2.05, 4.69) is 10.6 Å². The first-order chi connectivity index (χ1) is 10.3. The predicted octanol–water partition coefficient (Wildman–Crippen LogP) is 2.07. The molecule has 1 fully saturated rings. The van der Waals surface area contributed by atoms with Gasteiger partial charge in [-0.15, -0.1) is 0 Å². The second kappa shape index (κ2) is 8.64. The lowest BCUT2D eigenvalue weighted by Gasteiger charge is -2.36.